The van der Waals surface area contributed by atoms with Gasteiger partial charge < -0.3 is 11.1 Å². The van der Waals surface area contributed by atoms with Crippen LogP contribution in [0.25, 0.3) is 0 Å². The van der Waals surface area contributed by atoms with Crippen LogP contribution in [0.5, 0.6) is 0 Å². The minimum absolute atomic E-state index is 0.00968. The van der Waals surface area contributed by atoms with Crippen LogP contribution < -0.4 is 11.1 Å². The molecular weight excluding hydrogens is 176 g/mol. The third-order valence-electron chi connectivity index (χ3n) is 1.24. The van der Waals surface area contributed by atoms with Crippen LogP contribution in [0, 0.1) is 0 Å². The standard InChI is InChI=1S/C6H10N4OS/c1-4(2-5(7)11)9-6-10-8-3-12-6/h3-4H,2H2,1H3,(H2,7,11)(H,9,10). The van der Waals surface area contributed by atoms with Gasteiger partial charge in [-0.2, -0.15) is 0 Å². The minimum Gasteiger partial charge on any atom is -0.370 e. The van der Waals surface area contributed by atoms with Crippen LogP contribution in [-0.4, -0.2) is 22.1 Å². The second-order valence-electron chi connectivity index (χ2n) is 2.46. The van der Waals surface area contributed by atoms with Gasteiger partial charge in [-0.1, -0.05) is 11.3 Å². The quantitative estimate of drug-likeness (QED) is 0.704. The van der Waals surface area contributed by atoms with E-state index in [0.717, 1.165) is 0 Å². The molecule has 1 amide bonds. The van der Waals surface area contributed by atoms with Crippen molar-refractivity contribution >= 4 is 22.4 Å². The van der Waals surface area contributed by atoms with E-state index in [-0.39, 0.29) is 11.9 Å². The maximum absolute atomic E-state index is 10.5. The van der Waals surface area contributed by atoms with Crippen molar-refractivity contribution in [1.82, 2.24) is 10.2 Å². The van der Waals surface area contributed by atoms with Crippen molar-refractivity contribution < 1.29 is 4.79 Å². The lowest BCUT2D eigenvalue weighted by Crippen LogP contribution is -2.23. The third-order valence-corrected chi connectivity index (χ3v) is 1.86. The molecule has 1 aromatic heterocycles. The van der Waals surface area contributed by atoms with E-state index in [1.165, 1.54) is 11.3 Å². The SMILES string of the molecule is CC(CC(N)=O)Nc1nncs1. The molecule has 1 rings (SSSR count). The van der Waals surface area contributed by atoms with Gasteiger partial charge in [0.25, 0.3) is 0 Å². The first-order valence-electron chi connectivity index (χ1n) is 3.49. The van der Waals surface area contributed by atoms with Crippen LogP contribution in [0.3, 0.4) is 0 Å². The molecule has 3 N–H and O–H groups in total. The molecule has 0 aliphatic heterocycles. The van der Waals surface area contributed by atoms with Crippen molar-refractivity contribution in [1.29, 1.82) is 0 Å². The van der Waals surface area contributed by atoms with Crippen LogP contribution in [0.4, 0.5) is 5.13 Å². The Hall–Kier alpha value is -1.17. The van der Waals surface area contributed by atoms with E-state index in [1.54, 1.807) is 5.51 Å². The molecule has 1 aromatic rings. The van der Waals surface area contributed by atoms with E-state index in [4.69, 9.17) is 5.73 Å². The summed E-state index contributed by atoms with van der Waals surface area (Å²) in [7, 11) is 0. The summed E-state index contributed by atoms with van der Waals surface area (Å²) in [6.45, 7) is 1.87. The number of nitrogens with zero attached hydrogens (tertiary/aromatic N) is 2. The number of amides is 1. The second kappa shape index (κ2) is 4.01. The Morgan fingerprint density at radius 3 is 3.17 bits per heavy atom. The number of rotatable bonds is 4. The number of hydrogen-bond donors (Lipinski definition) is 2. The highest BCUT2D eigenvalue weighted by atomic mass is 32.1. The molecule has 0 aliphatic rings. The highest BCUT2D eigenvalue weighted by Gasteiger charge is 2.06. The first kappa shape index (κ1) is 8.92. The summed E-state index contributed by atoms with van der Waals surface area (Å²) in [5.41, 5.74) is 6.64. The molecule has 6 heteroatoms. The predicted molar refractivity (Wildman–Crippen MR) is 46.8 cm³/mol. The Labute approximate surface area is 74.0 Å². The fourth-order valence-electron chi connectivity index (χ4n) is 0.800. The van der Waals surface area contributed by atoms with Crippen molar-refractivity contribution in [2.24, 2.45) is 5.73 Å². The lowest BCUT2D eigenvalue weighted by molar-refractivity contribution is -0.118. The number of carbonyl (C=O) groups excluding carboxylic acids is 1. The molecule has 5 nitrogen and oxygen atoms in total. The molecule has 0 bridgehead atoms. The molecule has 0 fully saturated rings. The van der Waals surface area contributed by atoms with Crippen molar-refractivity contribution in [3.05, 3.63) is 5.51 Å². The second-order valence-corrected chi connectivity index (χ2v) is 3.29. The summed E-state index contributed by atoms with van der Waals surface area (Å²) < 4.78 is 0. The number of nitrogens with two attached hydrogens (primary N) is 1. The average Bonchev–Trinajstić information content (AvgIpc) is 2.37. The summed E-state index contributed by atoms with van der Waals surface area (Å²) in [6.07, 6.45) is 0.305. The monoisotopic (exact) mass is 186 g/mol. The van der Waals surface area contributed by atoms with Gasteiger partial charge >= 0.3 is 0 Å². The minimum atomic E-state index is -0.320. The zero-order valence-electron chi connectivity index (χ0n) is 6.65. The largest absolute Gasteiger partial charge is 0.370 e. The summed E-state index contributed by atoms with van der Waals surface area (Å²) in [4.78, 5) is 10.5. The van der Waals surface area contributed by atoms with E-state index < -0.39 is 0 Å². The zero-order valence-corrected chi connectivity index (χ0v) is 7.47. The van der Waals surface area contributed by atoms with E-state index in [9.17, 15) is 4.79 Å². The molecular formula is C6H10N4OS. The maximum Gasteiger partial charge on any atom is 0.219 e. The average molecular weight is 186 g/mol. The molecule has 0 saturated heterocycles. The number of primary amides is 1. The fourth-order valence-corrected chi connectivity index (χ4v) is 1.36. The molecule has 66 valence electrons. The number of hydrogen-bond acceptors (Lipinski definition) is 5. The lowest BCUT2D eigenvalue weighted by Gasteiger charge is -2.08. The van der Waals surface area contributed by atoms with Crippen LogP contribution in [0.1, 0.15) is 13.3 Å². The Kier molecular flexibility index (Phi) is 2.98. The summed E-state index contributed by atoms with van der Waals surface area (Å²) >= 11 is 1.39. The van der Waals surface area contributed by atoms with E-state index >= 15 is 0 Å². The molecule has 1 heterocycles. The van der Waals surface area contributed by atoms with Gasteiger partial charge in [0.2, 0.25) is 11.0 Å². The van der Waals surface area contributed by atoms with Gasteiger partial charge in [0.05, 0.1) is 0 Å². The first-order chi connectivity index (χ1) is 5.68. The Morgan fingerprint density at radius 1 is 1.92 bits per heavy atom. The topological polar surface area (TPSA) is 80.9 Å². The molecule has 1 atom stereocenters. The van der Waals surface area contributed by atoms with Crippen LogP contribution in [-0.2, 0) is 4.79 Å². The number of nitrogens with one attached hydrogen (secondary N) is 1. The Balaban J connectivity index is 2.36. The van der Waals surface area contributed by atoms with E-state index in [0.29, 0.717) is 11.6 Å². The van der Waals surface area contributed by atoms with Gasteiger partial charge in [0.1, 0.15) is 5.51 Å². The van der Waals surface area contributed by atoms with Crippen LogP contribution in [0.15, 0.2) is 5.51 Å². The first-order valence-corrected chi connectivity index (χ1v) is 4.37. The molecule has 0 saturated carbocycles. The molecule has 0 aromatic carbocycles. The molecule has 12 heavy (non-hydrogen) atoms. The lowest BCUT2D eigenvalue weighted by atomic mass is 10.2. The molecule has 0 spiro atoms. The number of anilines is 1. The highest BCUT2D eigenvalue weighted by molar-refractivity contribution is 7.13. The smallest absolute Gasteiger partial charge is 0.219 e. The normalized spacial score (nSPS) is 12.4. The number of aromatic nitrogens is 2. The van der Waals surface area contributed by atoms with Crippen molar-refractivity contribution in [2.45, 2.75) is 19.4 Å². The van der Waals surface area contributed by atoms with Gasteiger partial charge in [-0.05, 0) is 6.92 Å². The summed E-state index contributed by atoms with van der Waals surface area (Å²) in [6, 6.07) is 0.00968. The Morgan fingerprint density at radius 2 is 2.67 bits per heavy atom. The van der Waals surface area contributed by atoms with Crippen molar-refractivity contribution in [3.8, 4) is 0 Å². The van der Waals surface area contributed by atoms with E-state index in [2.05, 4.69) is 15.5 Å². The summed E-state index contributed by atoms with van der Waals surface area (Å²) in [5, 5.41) is 11.1. The molecule has 0 radical (unpaired) electrons. The maximum atomic E-state index is 10.5. The predicted octanol–water partition coefficient (Wildman–Crippen LogP) is 0.214. The summed E-state index contributed by atoms with van der Waals surface area (Å²) in [5.74, 6) is -0.320. The van der Waals surface area contributed by atoms with Gasteiger partial charge in [0.15, 0.2) is 0 Å². The van der Waals surface area contributed by atoms with Crippen molar-refractivity contribution in [3.63, 3.8) is 0 Å². The van der Waals surface area contributed by atoms with Gasteiger partial charge in [-0.15, -0.1) is 10.2 Å². The molecule has 0 aliphatic carbocycles. The molecule has 1 unspecified atom stereocenters. The zero-order chi connectivity index (χ0) is 8.97. The third kappa shape index (κ3) is 2.83. The number of carbonyl (C=O) groups is 1. The van der Waals surface area contributed by atoms with Crippen LogP contribution >= 0.6 is 11.3 Å². The van der Waals surface area contributed by atoms with Gasteiger partial charge in [-0.25, -0.2) is 0 Å². The fraction of sp³-hybridized carbons (Fsp3) is 0.500. The van der Waals surface area contributed by atoms with Gasteiger partial charge in [0, 0.05) is 12.5 Å². The van der Waals surface area contributed by atoms with Crippen LogP contribution in [0.2, 0.25) is 0 Å². The highest BCUT2D eigenvalue weighted by Crippen LogP contribution is 2.10. The van der Waals surface area contributed by atoms with E-state index in [1.807, 2.05) is 6.92 Å². The van der Waals surface area contributed by atoms with Crippen molar-refractivity contribution in [2.75, 3.05) is 5.32 Å². The Bertz CT molecular complexity index is 248. The van der Waals surface area contributed by atoms with Gasteiger partial charge in [-0.3, -0.25) is 4.79 Å².